The van der Waals surface area contributed by atoms with E-state index >= 15 is 0 Å². The van der Waals surface area contributed by atoms with E-state index in [9.17, 15) is 0 Å². The number of nitrogens with one attached hydrogen (secondary N) is 1. The molecule has 1 aromatic heterocycles. The van der Waals surface area contributed by atoms with Crippen molar-refractivity contribution in [1.82, 2.24) is 10.2 Å². The average Bonchev–Trinajstić information content (AvgIpc) is 2.86. The minimum atomic E-state index is 0.424. The van der Waals surface area contributed by atoms with E-state index in [2.05, 4.69) is 16.3 Å². The molecule has 0 radical (unpaired) electrons. The average molecular weight is 234 g/mol. The lowest BCUT2D eigenvalue weighted by Gasteiger charge is -2.49. The Balaban J connectivity index is 1.75. The zero-order valence-electron chi connectivity index (χ0n) is 10.5. The predicted molar refractivity (Wildman–Crippen MR) is 67.8 cm³/mol. The highest BCUT2D eigenvalue weighted by molar-refractivity contribution is 5.08. The van der Waals surface area contributed by atoms with Crippen molar-refractivity contribution in [3.8, 4) is 0 Å². The first-order chi connectivity index (χ1) is 8.39. The van der Waals surface area contributed by atoms with Gasteiger partial charge in [0, 0.05) is 37.3 Å². The van der Waals surface area contributed by atoms with Gasteiger partial charge in [-0.3, -0.25) is 4.90 Å². The molecule has 3 nitrogen and oxygen atoms in total. The maximum atomic E-state index is 5.19. The van der Waals surface area contributed by atoms with E-state index in [0.29, 0.717) is 5.54 Å². The van der Waals surface area contributed by atoms with E-state index in [0.717, 1.165) is 13.1 Å². The lowest BCUT2D eigenvalue weighted by Crippen LogP contribution is -2.61. The van der Waals surface area contributed by atoms with Gasteiger partial charge in [0.2, 0.25) is 0 Å². The molecule has 94 valence electrons. The molecular weight excluding hydrogens is 212 g/mol. The highest BCUT2D eigenvalue weighted by atomic mass is 16.3. The summed E-state index contributed by atoms with van der Waals surface area (Å²) in [6, 6.07) is 2.10. The van der Waals surface area contributed by atoms with Crippen molar-refractivity contribution in [2.24, 2.45) is 0 Å². The van der Waals surface area contributed by atoms with Crippen LogP contribution < -0.4 is 5.32 Å². The molecule has 1 spiro atoms. The lowest BCUT2D eigenvalue weighted by atomic mass is 9.79. The summed E-state index contributed by atoms with van der Waals surface area (Å²) in [5.74, 6) is 0. The standard InChI is InChI=1S/C14H22N2O/c1-2-5-14(6-3-1)12-15-7-8-16(14)10-13-4-9-17-11-13/h4,9,11,15H,1-3,5-8,10,12H2. The Morgan fingerprint density at radius 2 is 2.18 bits per heavy atom. The Morgan fingerprint density at radius 3 is 2.94 bits per heavy atom. The maximum Gasteiger partial charge on any atom is 0.0947 e. The number of nitrogens with zero attached hydrogens (tertiary/aromatic N) is 1. The van der Waals surface area contributed by atoms with Crippen molar-refractivity contribution in [3.05, 3.63) is 24.2 Å². The van der Waals surface area contributed by atoms with E-state index in [1.54, 1.807) is 6.26 Å². The molecular formula is C14H22N2O. The third kappa shape index (κ3) is 2.26. The van der Waals surface area contributed by atoms with Crippen molar-refractivity contribution >= 4 is 0 Å². The Kier molecular flexibility index (Phi) is 3.21. The van der Waals surface area contributed by atoms with Crippen LogP contribution in [-0.4, -0.2) is 30.1 Å². The molecule has 0 bridgehead atoms. The van der Waals surface area contributed by atoms with Crippen LogP contribution in [0.3, 0.4) is 0 Å². The molecule has 3 heteroatoms. The van der Waals surface area contributed by atoms with Crippen LogP contribution in [0.25, 0.3) is 0 Å². The van der Waals surface area contributed by atoms with Gasteiger partial charge in [-0.1, -0.05) is 19.3 Å². The molecule has 2 fully saturated rings. The third-order valence-electron chi connectivity index (χ3n) is 4.42. The van der Waals surface area contributed by atoms with E-state index in [-0.39, 0.29) is 0 Å². The number of furan rings is 1. The molecule has 3 rings (SSSR count). The van der Waals surface area contributed by atoms with Crippen LogP contribution in [0.1, 0.15) is 37.7 Å². The lowest BCUT2D eigenvalue weighted by molar-refractivity contribution is 0.0207. The monoisotopic (exact) mass is 234 g/mol. The third-order valence-corrected chi connectivity index (χ3v) is 4.42. The molecule has 1 aliphatic heterocycles. The quantitative estimate of drug-likeness (QED) is 0.851. The number of piperazine rings is 1. The van der Waals surface area contributed by atoms with Crippen LogP contribution in [-0.2, 0) is 6.54 Å². The second kappa shape index (κ2) is 4.83. The normalized spacial score (nSPS) is 25.2. The zero-order chi connectivity index (χ0) is 11.6. The van der Waals surface area contributed by atoms with Crippen molar-refractivity contribution in [1.29, 1.82) is 0 Å². The Hall–Kier alpha value is -0.800. The second-order valence-corrected chi connectivity index (χ2v) is 5.51. The molecule has 0 atom stereocenters. The molecule has 0 amide bonds. The van der Waals surface area contributed by atoms with E-state index in [4.69, 9.17) is 4.42 Å². The van der Waals surface area contributed by atoms with Crippen LogP contribution in [0.4, 0.5) is 0 Å². The second-order valence-electron chi connectivity index (χ2n) is 5.51. The van der Waals surface area contributed by atoms with Crippen LogP contribution in [0, 0.1) is 0 Å². The molecule has 2 heterocycles. The number of rotatable bonds is 2. The smallest absolute Gasteiger partial charge is 0.0947 e. The van der Waals surface area contributed by atoms with Crippen molar-refractivity contribution in [2.45, 2.75) is 44.2 Å². The van der Waals surface area contributed by atoms with Gasteiger partial charge in [-0.25, -0.2) is 0 Å². The largest absolute Gasteiger partial charge is 0.472 e. The summed E-state index contributed by atoms with van der Waals surface area (Å²) in [5.41, 5.74) is 1.74. The summed E-state index contributed by atoms with van der Waals surface area (Å²) in [6.07, 6.45) is 10.6. The van der Waals surface area contributed by atoms with E-state index < -0.39 is 0 Å². The SMILES string of the molecule is c1cc(CN2CCNCC23CCCCC3)co1. The van der Waals surface area contributed by atoms with Gasteiger partial charge in [0.15, 0.2) is 0 Å². The predicted octanol–water partition coefficient (Wildman–Crippen LogP) is 2.39. The number of hydrogen-bond donors (Lipinski definition) is 1. The van der Waals surface area contributed by atoms with Crippen LogP contribution in [0.5, 0.6) is 0 Å². The Morgan fingerprint density at radius 1 is 1.29 bits per heavy atom. The van der Waals surface area contributed by atoms with Gasteiger partial charge >= 0.3 is 0 Å². The summed E-state index contributed by atoms with van der Waals surface area (Å²) in [7, 11) is 0. The first kappa shape index (κ1) is 11.3. The van der Waals surface area contributed by atoms with Crippen LogP contribution >= 0.6 is 0 Å². The van der Waals surface area contributed by atoms with E-state index in [1.165, 1.54) is 50.8 Å². The molecule has 1 saturated heterocycles. The molecule has 0 unspecified atom stereocenters. The molecule has 2 aliphatic rings. The Bertz CT molecular complexity index is 333. The van der Waals surface area contributed by atoms with Gasteiger partial charge in [0.25, 0.3) is 0 Å². The maximum absolute atomic E-state index is 5.19. The van der Waals surface area contributed by atoms with Gasteiger partial charge < -0.3 is 9.73 Å². The summed E-state index contributed by atoms with van der Waals surface area (Å²) < 4.78 is 5.19. The summed E-state index contributed by atoms with van der Waals surface area (Å²) >= 11 is 0. The Labute approximate surface area is 103 Å². The fourth-order valence-electron chi connectivity index (χ4n) is 3.44. The van der Waals surface area contributed by atoms with Gasteiger partial charge in [0.05, 0.1) is 12.5 Å². The summed E-state index contributed by atoms with van der Waals surface area (Å²) in [5, 5.41) is 3.59. The van der Waals surface area contributed by atoms with Gasteiger partial charge in [-0.15, -0.1) is 0 Å². The fourth-order valence-corrected chi connectivity index (χ4v) is 3.44. The van der Waals surface area contributed by atoms with Crippen molar-refractivity contribution < 1.29 is 4.42 Å². The highest BCUT2D eigenvalue weighted by Crippen LogP contribution is 2.35. The molecule has 1 saturated carbocycles. The van der Waals surface area contributed by atoms with Gasteiger partial charge in [-0.2, -0.15) is 0 Å². The minimum Gasteiger partial charge on any atom is -0.472 e. The fraction of sp³-hybridized carbons (Fsp3) is 0.714. The summed E-state index contributed by atoms with van der Waals surface area (Å²) in [4.78, 5) is 2.69. The molecule has 17 heavy (non-hydrogen) atoms. The van der Waals surface area contributed by atoms with Crippen molar-refractivity contribution in [2.75, 3.05) is 19.6 Å². The zero-order valence-corrected chi connectivity index (χ0v) is 10.5. The topological polar surface area (TPSA) is 28.4 Å². The van der Waals surface area contributed by atoms with Gasteiger partial charge in [0.1, 0.15) is 0 Å². The summed E-state index contributed by atoms with van der Waals surface area (Å²) in [6.45, 7) is 4.52. The van der Waals surface area contributed by atoms with E-state index in [1.807, 2.05) is 6.26 Å². The first-order valence-electron chi connectivity index (χ1n) is 6.86. The molecule has 0 aromatic carbocycles. The van der Waals surface area contributed by atoms with Gasteiger partial charge in [-0.05, 0) is 18.9 Å². The molecule has 1 aliphatic carbocycles. The minimum absolute atomic E-state index is 0.424. The first-order valence-corrected chi connectivity index (χ1v) is 6.86. The van der Waals surface area contributed by atoms with Crippen LogP contribution in [0.2, 0.25) is 0 Å². The molecule has 1 N–H and O–H groups in total. The number of hydrogen-bond acceptors (Lipinski definition) is 3. The van der Waals surface area contributed by atoms with Crippen LogP contribution in [0.15, 0.2) is 23.0 Å². The van der Waals surface area contributed by atoms with Crippen molar-refractivity contribution in [3.63, 3.8) is 0 Å². The molecule has 1 aromatic rings. The highest BCUT2D eigenvalue weighted by Gasteiger charge is 2.39.